The monoisotopic (exact) mass is 293 g/mol. The molecule has 0 bridgehead atoms. The van der Waals surface area contributed by atoms with Crippen molar-refractivity contribution >= 4 is 27.5 Å². The Hall–Kier alpha value is -1.69. The molecule has 108 valence electrons. The maximum atomic E-state index is 12.4. The van der Waals surface area contributed by atoms with Gasteiger partial charge in [-0.15, -0.1) is 11.3 Å². The minimum atomic E-state index is -0.147. The third kappa shape index (κ3) is 2.90. The summed E-state index contributed by atoms with van der Waals surface area (Å²) in [6, 6.07) is 0. The normalized spacial score (nSPS) is 10.9. The van der Waals surface area contributed by atoms with E-state index in [1.807, 2.05) is 13.8 Å². The molecule has 0 saturated heterocycles. The van der Waals surface area contributed by atoms with Gasteiger partial charge in [-0.05, 0) is 25.8 Å². The second-order valence-corrected chi connectivity index (χ2v) is 6.05. The molecule has 2 heterocycles. The van der Waals surface area contributed by atoms with Gasteiger partial charge in [-0.25, -0.2) is 4.98 Å². The van der Waals surface area contributed by atoms with Crippen molar-refractivity contribution in [1.29, 1.82) is 0 Å². The number of carbonyl (C=O) groups excluding carboxylic acids is 1. The van der Waals surface area contributed by atoms with Crippen LogP contribution >= 0.6 is 11.3 Å². The maximum Gasteiger partial charge on any atom is 0.262 e. The number of hydrogen-bond donors (Lipinski definition) is 1. The van der Waals surface area contributed by atoms with Crippen LogP contribution in [-0.2, 0) is 11.3 Å². The third-order valence-electron chi connectivity index (χ3n) is 3.32. The first-order valence-electron chi connectivity index (χ1n) is 6.76. The summed E-state index contributed by atoms with van der Waals surface area (Å²) in [7, 11) is 0. The molecular formula is C14H19N3O2S. The van der Waals surface area contributed by atoms with Gasteiger partial charge < -0.3 is 5.32 Å². The fraction of sp³-hybridized carbons (Fsp3) is 0.500. The van der Waals surface area contributed by atoms with Gasteiger partial charge in [0, 0.05) is 11.4 Å². The van der Waals surface area contributed by atoms with Crippen molar-refractivity contribution in [2.45, 2.75) is 40.2 Å². The molecule has 0 atom stereocenters. The molecule has 0 aromatic carbocycles. The van der Waals surface area contributed by atoms with Gasteiger partial charge in [0.1, 0.15) is 11.4 Å². The molecule has 2 rings (SSSR count). The Morgan fingerprint density at radius 1 is 1.45 bits per heavy atom. The lowest BCUT2D eigenvalue weighted by Gasteiger charge is -2.06. The standard InChI is InChI=1S/C14H19N3O2S/c1-4-5-6-15-11(18)7-17-8-16-13-12(14(17)19)9(2)10(3)20-13/h8H,4-7H2,1-3H3,(H,15,18). The number of nitrogens with one attached hydrogen (secondary N) is 1. The average Bonchev–Trinajstić information content (AvgIpc) is 2.70. The van der Waals surface area contributed by atoms with Gasteiger partial charge in [0.15, 0.2) is 0 Å². The number of amides is 1. The summed E-state index contributed by atoms with van der Waals surface area (Å²) in [5, 5.41) is 3.44. The third-order valence-corrected chi connectivity index (χ3v) is 4.44. The zero-order valence-electron chi connectivity index (χ0n) is 12.0. The lowest BCUT2D eigenvalue weighted by atomic mass is 10.2. The van der Waals surface area contributed by atoms with Gasteiger partial charge in [-0.3, -0.25) is 14.2 Å². The van der Waals surface area contributed by atoms with Crippen molar-refractivity contribution < 1.29 is 4.79 Å². The van der Waals surface area contributed by atoms with Gasteiger partial charge >= 0.3 is 0 Å². The van der Waals surface area contributed by atoms with Crippen LogP contribution < -0.4 is 10.9 Å². The molecule has 0 unspecified atom stereocenters. The number of thiophene rings is 1. The van der Waals surface area contributed by atoms with Crippen LogP contribution in [0.25, 0.3) is 10.2 Å². The smallest absolute Gasteiger partial charge is 0.262 e. The molecule has 1 amide bonds. The molecule has 0 radical (unpaired) electrons. The van der Waals surface area contributed by atoms with E-state index in [0.717, 1.165) is 28.1 Å². The summed E-state index contributed by atoms with van der Waals surface area (Å²) in [5.41, 5.74) is 0.825. The molecule has 5 nitrogen and oxygen atoms in total. The highest BCUT2D eigenvalue weighted by Crippen LogP contribution is 2.25. The Bertz CT molecular complexity index is 688. The van der Waals surface area contributed by atoms with Crippen LogP contribution in [-0.4, -0.2) is 22.0 Å². The van der Waals surface area contributed by atoms with E-state index >= 15 is 0 Å². The summed E-state index contributed by atoms with van der Waals surface area (Å²) >= 11 is 1.51. The highest BCUT2D eigenvalue weighted by atomic mass is 32.1. The Balaban J connectivity index is 2.23. The minimum Gasteiger partial charge on any atom is -0.355 e. The van der Waals surface area contributed by atoms with Crippen molar-refractivity contribution in [1.82, 2.24) is 14.9 Å². The lowest BCUT2D eigenvalue weighted by Crippen LogP contribution is -2.32. The molecule has 0 spiro atoms. The number of fused-ring (bicyclic) bond motifs is 1. The number of aromatic nitrogens is 2. The van der Waals surface area contributed by atoms with E-state index in [1.165, 1.54) is 22.2 Å². The number of carbonyl (C=O) groups is 1. The maximum absolute atomic E-state index is 12.4. The van der Waals surface area contributed by atoms with Crippen LogP contribution in [0.15, 0.2) is 11.1 Å². The highest BCUT2D eigenvalue weighted by Gasteiger charge is 2.13. The van der Waals surface area contributed by atoms with E-state index in [2.05, 4.69) is 17.2 Å². The first-order chi connectivity index (χ1) is 9.54. The van der Waals surface area contributed by atoms with Crippen molar-refractivity contribution in [2.24, 2.45) is 0 Å². The number of nitrogens with zero attached hydrogens (tertiary/aromatic N) is 2. The van der Waals surface area contributed by atoms with Crippen molar-refractivity contribution in [3.8, 4) is 0 Å². The number of rotatable bonds is 5. The molecule has 6 heteroatoms. The SMILES string of the molecule is CCCCNC(=O)Cn1cnc2sc(C)c(C)c2c1=O. The molecule has 0 aliphatic carbocycles. The van der Waals surface area contributed by atoms with E-state index in [1.54, 1.807) is 0 Å². The van der Waals surface area contributed by atoms with Crippen LogP contribution in [0.5, 0.6) is 0 Å². The predicted octanol–water partition coefficient (Wildman–Crippen LogP) is 1.99. The van der Waals surface area contributed by atoms with Crippen molar-refractivity contribution in [3.63, 3.8) is 0 Å². The molecule has 0 aliphatic heterocycles. The predicted molar refractivity (Wildman–Crippen MR) is 81.3 cm³/mol. The Morgan fingerprint density at radius 3 is 2.90 bits per heavy atom. The summed E-state index contributed by atoms with van der Waals surface area (Å²) in [4.78, 5) is 30.3. The first-order valence-corrected chi connectivity index (χ1v) is 7.58. The van der Waals surface area contributed by atoms with E-state index in [0.29, 0.717) is 11.9 Å². The topological polar surface area (TPSA) is 64.0 Å². The van der Waals surface area contributed by atoms with E-state index < -0.39 is 0 Å². The fourth-order valence-electron chi connectivity index (χ4n) is 2.00. The van der Waals surface area contributed by atoms with E-state index in [4.69, 9.17) is 0 Å². The molecule has 0 fully saturated rings. The zero-order valence-corrected chi connectivity index (χ0v) is 12.8. The van der Waals surface area contributed by atoms with Crippen LogP contribution in [0, 0.1) is 13.8 Å². The number of aryl methyl sites for hydroxylation is 2. The largest absolute Gasteiger partial charge is 0.355 e. The summed E-state index contributed by atoms with van der Waals surface area (Å²) in [6.07, 6.45) is 3.43. The van der Waals surface area contributed by atoms with Crippen LogP contribution in [0.1, 0.15) is 30.2 Å². The van der Waals surface area contributed by atoms with Gasteiger partial charge in [0.2, 0.25) is 5.91 Å². The molecule has 0 aliphatic rings. The highest BCUT2D eigenvalue weighted by molar-refractivity contribution is 7.18. The first kappa shape index (κ1) is 14.7. The summed E-state index contributed by atoms with van der Waals surface area (Å²) < 4.78 is 1.38. The summed E-state index contributed by atoms with van der Waals surface area (Å²) in [6.45, 7) is 6.64. The Labute approximate surface area is 121 Å². The Morgan fingerprint density at radius 2 is 2.20 bits per heavy atom. The molecule has 0 saturated carbocycles. The van der Waals surface area contributed by atoms with E-state index in [9.17, 15) is 9.59 Å². The van der Waals surface area contributed by atoms with Gasteiger partial charge in [-0.1, -0.05) is 13.3 Å². The van der Waals surface area contributed by atoms with Crippen LogP contribution in [0.2, 0.25) is 0 Å². The Kier molecular flexibility index (Phi) is 4.54. The number of unbranched alkanes of at least 4 members (excludes halogenated alkanes) is 1. The van der Waals surface area contributed by atoms with Crippen molar-refractivity contribution in [3.05, 3.63) is 27.1 Å². The van der Waals surface area contributed by atoms with Crippen LogP contribution in [0.4, 0.5) is 0 Å². The van der Waals surface area contributed by atoms with Gasteiger partial charge in [-0.2, -0.15) is 0 Å². The quantitative estimate of drug-likeness (QED) is 0.857. The second-order valence-electron chi connectivity index (χ2n) is 4.84. The zero-order chi connectivity index (χ0) is 14.7. The lowest BCUT2D eigenvalue weighted by molar-refractivity contribution is -0.121. The summed E-state index contributed by atoms with van der Waals surface area (Å²) in [5.74, 6) is -0.147. The molecule has 2 aromatic heterocycles. The molecule has 1 N–H and O–H groups in total. The average molecular weight is 293 g/mol. The minimum absolute atomic E-state index is 0.0276. The second kappa shape index (κ2) is 6.17. The van der Waals surface area contributed by atoms with Gasteiger partial charge in [0.25, 0.3) is 5.56 Å². The fourth-order valence-corrected chi connectivity index (χ4v) is 2.99. The van der Waals surface area contributed by atoms with Crippen LogP contribution in [0.3, 0.4) is 0 Å². The molecule has 20 heavy (non-hydrogen) atoms. The van der Waals surface area contributed by atoms with E-state index in [-0.39, 0.29) is 18.0 Å². The van der Waals surface area contributed by atoms with Gasteiger partial charge in [0.05, 0.1) is 11.7 Å². The van der Waals surface area contributed by atoms with Crippen molar-refractivity contribution in [2.75, 3.05) is 6.54 Å². The molecular weight excluding hydrogens is 274 g/mol. The molecule has 2 aromatic rings. The number of hydrogen-bond acceptors (Lipinski definition) is 4.